The molecule has 52 heavy (non-hydrogen) atoms. The van der Waals surface area contributed by atoms with E-state index in [2.05, 4.69) is 21.4 Å². The highest BCUT2D eigenvalue weighted by Crippen LogP contribution is 2.48. The maximum absolute atomic E-state index is 14.4. The first-order valence-corrected chi connectivity index (χ1v) is 21.1. The predicted octanol–water partition coefficient (Wildman–Crippen LogP) is 3.72. The molecule has 0 spiro atoms. The molecule has 14 heteroatoms. The fraction of sp³-hybridized carbons (Fsp3) is 0.711. The van der Waals surface area contributed by atoms with E-state index >= 15 is 0 Å². The van der Waals surface area contributed by atoms with Crippen LogP contribution < -0.4 is 15.4 Å². The Bertz CT molecular complexity index is 1680. The van der Waals surface area contributed by atoms with Gasteiger partial charge < -0.3 is 20.3 Å². The minimum Gasteiger partial charge on any atom is -0.444 e. The van der Waals surface area contributed by atoms with Crippen molar-refractivity contribution in [2.45, 2.75) is 158 Å². The number of aryl methyl sites for hydroxylation is 1. The largest absolute Gasteiger partial charge is 0.444 e. The van der Waals surface area contributed by atoms with Gasteiger partial charge in [-0.3, -0.25) is 28.8 Å². The molecule has 4 fully saturated rings. The molecule has 1 aromatic rings. The number of carbonyl (C=O) groups excluding carboxylic acids is 5. The van der Waals surface area contributed by atoms with Crippen molar-refractivity contribution in [1.82, 2.24) is 25.2 Å². The van der Waals surface area contributed by atoms with Crippen molar-refractivity contribution in [1.29, 1.82) is 0 Å². The molecule has 0 aromatic heterocycles. The van der Waals surface area contributed by atoms with Crippen LogP contribution in [0.15, 0.2) is 18.2 Å². The van der Waals surface area contributed by atoms with E-state index in [4.69, 9.17) is 4.74 Å². The monoisotopic (exact) mass is 739 g/mol. The normalized spacial score (nSPS) is 31.0. The summed E-state index contributed by atoms with van der Waals surface area (Å²) in [6.07, 6.45) is 11.2. The Kier molecular flexibility index (Phi) is 10.8. The molecule has 6 aliphatic rings. The van der Waals surface area contributed by atoms with Crippen LogP contribution in [0.3, 0.4) is 0 Å². The zero-order valence-electron chi connectivity index (χ0n) is 30.0. The number of hydrogen-bond acceptors (Lipinski definition) is 8. The number of nitrogens with one attached hydrogen (secondary N) is 3. The summed E-state index contributed by atoms with van der Waals surface area (Å²) >= 11 is 0. The van der Waals surface area contributed by atoms with Gasteiger partial charge in [-0.15, -0.1) is 0 Å². The van der Waals surface area contributed by atoms with E-state index in [1.165, 1.54) is 10.5 Å². The van der Waals surface area contributed by atoms with E-state index in [1.54, 1.807) is 4.90 Å². The minimum absolute atomic E-state index is 0.0127. The summed E-state index contributed by atoms with van der Waals surface area (Å²) in [4.78, 5) is 72.3. The third kappa shape index (κ3) is 8.11. The molecule has 2 saturated carbocycles. The average molecular weight is 740 g/mol. The molecule has 3 N–H and O–H groups in total. The third-order valence-electron chi connectivity index (χ3n) is 12.0. The number of benzene rings is 1. The van der Waals surface area contributed by atoms with Crippen LogP contribution in [0.4, 0.5) is 4.79 Å². The zero-order valence-corrected chi connectivity index (χ0v) is 30.9. The Hall–Kier alpha value is -3.68. The fourth-order valence-electron chi connectivity index (χ4n) is 8.72. The maximum Gasteiger partial charge on any atom is 0.410 e. The van der Waals surface area contributed by atoms with Crippen LogP contribution in [-0.2, 0) is 53.4 Å². The van der Waals surface area contributed by atoms with Crippen molar-refractivity contribution >= 4 is 39.7 Å². The summed E-state index contributed by atoms with van der Waals surface area (Å²) in [5.41, 5.74) is 2.06. The number of carbonyl (C=O) groups is 5. The van der Waals surface area contributed by atoms with E-state index in [-0.39, 0.29) is 24.8 Å². The lowest BCUT2D eigenvalue weighted by Crippen LogP contribution is -2.58. The SMILES string of the molecule is O=C1CCCCCCCc2cccc3c2CN(C3)C(=O)O[C@@H]2C[C@H]3C(=O)N[C@]4(C(=O)NS(=O)(=O)C5CC5)C[C@H]4CCCCCCC[C@H](N1)C(=O)N3C2. The van der Waals surface area contributed by atoms with Gasteiger partial charge in [0.25, 0.3) is 5.91 Å². The quantitative estimate of drug-likeness (QED) is 0.421. The highest BCUT2D eigenvalue weighted by Gasteiger charge is 2.62. The van der Waals surface area contributed by atoms with E-state index in [0.717, 1.165) is 75.3 Å². The van der Waals surface area contributed by atoms with E-state index in [9.17, 15) is 32.4 Å². The van der Waals surface area contributed by atoms with E-state index in [1.807, 2.05) is 12.1 Å². The van der Waals surface area contributed by atoms with Crippen molar-refractivity contribution < 1.29 is 37.1 Å². The van der Waals surface area contributed by atoms with Gasteiger partial charge in [-0.25, -0.2) is 13.2 Å². The average Bonchev–Trinajstić information content (AvgIpc) is 3.99. The zero-order chi connectivity index (χ0) is 36.5. The second-order valence-electron chi connectivity index (χ2n) is 15.9. The number of fused-ring (bicyclic) bond motifs is 4. The first kappa shape index (κ1) is 36.7. The van der Waals surface area contributed by atoms with Gasteiger partial charge in [0.05, 0.1) is 11.8 Å². The molecule has 7 rings (SSSR count). The third-order valence-corrected chi connectivity index (χ3v) is 13.9. The standard InChI is InChI=1S/C38H53N5O8S/c44-33-17-10-6-1-3-7-12-25-13-11-14-26-22-42(24-30(25)26)37(48)51-28-20-32-34(45)40-38(36(47)41-52(49,50)29-18-19-29)21-27(38)15-8-4-2-5-9-16-31(39-33)35(46)43(32)23-28/h11,13-14,27-29,31-32H,1-10,12,15-24H2,(H,39,44)(H,40,45)(H,41,47)/t27-,28-,31+,32+,38-/m1/s1. The summed E-state index contributed by atoms with van der Waals surface area (Å²) in [5, 5.41) is 5.29. The van der Waals surface area contributed by atoms with E-state index < -0.39 is 62.8 Å². The van der Waals surface area contributed by atoms with Crippen LogP contribution >= 0.6 is 0 Å². The number of sulfonamides is 1. The molecule has 4 heterocycles. The van der Waals surface area contributed by atoms with Gasteiger partial charge in [0.15, 0.2) is 0 Å². The molecular weight excluding hydrogens is 687 g/mol. The number of nitrogens with zero attached hydrogens (tertiary/aromatic N) is 2. The van der Waals surface area contributed by atoms with Crippen molar-refractivity contribution in [2.24, 2.45) is 5.92 Å². The molecule has 284 valence electrons. The molecule has 1 aromatic carbocycles. The van der Waals surface area contributed by atoms with Gasteiger partial charge in [0.2, 0.25) is 27.7 Å². The second kappa shape index (κ2) is 15.4. The van der Waals surface area contributed by atoms with Crippen molar-refractivity contribution in [3.05, 3.63) is 34.9 Å². The summed E-state index contributed by atoms with van der Waals surface area (Å²) in [7, 11) is -3.85. The molecule has 5 atom stereocenters. The predicted molar refractivity (Wildman–Crippen MR) is 191 cm³/mol. The maximum atomic E-state index is 14.4. The van der Waals surface area contributed by atoms with Gasteiger partial charge in [0.1, 0.15) is 23.7 Å². The number of amides is 5. The minimum atomic E-state index is -3.85. The van der Waals surface area contributed by atoms with Crippen molar-refractivity contribution in [3.63, 3.8) is 0 Å². The molecule has 0 radical (unpaired) electrons. The van der Waals surface area contributed by atoms with Crippen molar-refractivity contribution in [2.75, 3.05) is 6.54 Å². The van der Waals surface area contributed by atoms with Crippen molar-refractivity contribution in [3.8, 4) is 0 Å². The number of rotatable bonds is 3. The second-order valence-corrected chi connectivity index (χ2v) is 17.9. The molecule has 13 nitrogen and oxygen atoms in total. The lowest BCUT2D eigenvalue weighted by Gasteiger charge is -2.30. The molecule has 5 amide bonds. The summed E-state index contributed by atoms with van der Waals surface area (Å²) in [6.45, 7) is 0.804. The molecule has 5 bridgehead atoms. The molecule has 0 unspecified atom stereocenters. The van der Waals surface area contributed by atoms with Gasteiger partial charge in [-0.05, 0) is 74.0 Å². The Morgan fingerprint density at radius 1 is 0.846 bits per heavy atom. The highest BCUT2D eigenvalue weighted by atomic mass is 32.2. The Morgan fingerprint density at radius 2 is 1.54 bits per heavy atom. The molecule has 4 aliphatic heterocycles. The Balaban J connectivity index is 1.15. The van der Waals surface area contributed by atoms with Gasteiger partial charge in [-0.2, -0.15) is 0 Å². The van der Waals surface area contributed by atoms with Crippen LogP contribution in [0.2, 0.25) is 0 Å². The molecular formula is C38H53N5O8S. The molecule has 2 saturated heterocycles. The fourth-order valence-corrected chi connectivity index (χ4v) is 10.1. The van der Waals surface area contributed by atoms with Gasteiger partial charge >= 0.3 is 6.09 Å². The number of hydrogen-bond donors (Lipinski definition) is 3. The van der Waals surface area contributed by atoms with Crippen LogP contribution in [0.25, 0.3) is 0 Å². The van der Waals surface area contributed by atoms with Crippen LogP contribution in [-0.4, -0.2) is 83.5 Å². The Morgan fingerprint density at radius 3 is 2.31 bits per heavy atom. The van der Waals surface area contributed by atoms with Crippen LogP contribution in [0.5, 0.6) is 0 Å². The van der Waals surface area contributed by atoms with Gasteiger partial charge in [-0.1, -0.05) is 69.6 Å². The van der Waals surface area contributed by atoms with Crippen LogP contribution in [0, 0.1) is 5.92 Å². The first-order chi connectivity index (χ1) is 25.0. The first-order valence-electron chi connectivity index (χ1n) is 19.6. The summed E-state index contributed by atoms with van der Waals surface area (Å²) in [5.74, 6) is -2.19. The summed E-state index contributed by atoms with van der Waals surface area (Å²) in [6, 6.07) is 4.24. The number of ether oxygens (including phenoxy) is 1. The Labute approximate surface area is 306 Å². The van der Waals surface area contributed by atoms with Gasteiger partial charge in [0, 0.05) is 25.9 Å². The smallest absolute Gasteiger partial charge is 0.410 e. The van der Waals surface area contributed by atoms with E-state index in [0.29, 0.717) is 58.0 Å². The highest BCUT2D eigenvalue weighted by molar-refractivity contribution is 7.91. The lowest BCUT2D eigenvalue weighted by molar-refractivity contribution is -0.142. The lowest BCUT2D eigenvalue weighted by atomic mass is 9.98. The molecule has 2 aliphatic carbocycles. The summed E-state index contributed by atoms with van der Waals surface area (Å²) < 4.78 is 33.9. The topological polar surface area (TPSA) is 171 Å². The van der Waals surface area contributed by atoms with Crippen LogP contribution in [0.1, 0.15) is 126 Å².